The Hall–Kier alpha value is -2.08. The van der Waals surface area contributed by atoms with E-state index in [-0.39, 0.29) is 11.6 Å². The molecular weight excluding hydrogens is 264 g/mol. The number of thioether (sulfide) groups is 1. The molecule has 98 valence electrons. The molecule has 0 saturated carbocycles. The second kappa shape index (κ2) is 5.71. The number of rotatable bonds is 4. The van der Waals surface area contributed by atoms with Crippen LogP contribution < -0.4 is 4.74 Å². The number of carbonyl (C=O) groups is 1. The summed E-state index contributed by atoms with van der Waals surface area (Å²) in [6.07, 6.45) is 3.20. The van der Waals surface area contributed by atoms with Gasteiger partial charge in [0.2, 0.25) is 0 Å². The Balaban J connectivity index is 2.29. The Morgan fingerprint density at radius 1 is 1.37 bits per heavy atom. The normalized spacial score (nSPS) is 10.2. The number of carboxylic acids is 1. The fraction of sp³-hybridized carbons (Fsp3) is 0.154. The van der Waals surface area contributed by atoms with Crippen molar-refractivity contribution < 1.29 is 14.6 Å². The lowest BCUT2D eigenvalue weighted by molar-refractivity contribution is 0.0695. The summed E-state index contributed by atoms with van der Waals surface area (Å²) < 4.78 is 5.58. The molecule has 1 N–H and O–H groups in total. The standard InChI is InChI=1S/C13H12N2O3S/c1-8-9(12(16)17)7-14-13(15-8)18-10-5-3-4-6-11(10)19-2/h3-7H,1-2H3,(H,16,17). The average Bonchev–Trinajstić information content (AvgIpc) is 2.39. The van der Waals surface area contributed by atoms with Crippen molar-refractivity contribution in [2.24, 2.45) is 0 Å². The number of nitrogens with zero attached hydrogens (tertiary/aromatic N) is 2. The van der Waals surface area contributed by atoms with Crippen molar-refractivity contribution in [1.29, 1.82) is 0 Å². The molecule has 19 heavy (non-hydrogen) atoms. The van der Waals surface area contributed by atoms with Gasteiger partial charge in [0.1, 0.15) is 5.75 Å². The van der Waals surface area contributed by atoms with Crippen molar-refractivity contribution in [3.05, 3.63) is 41.7 Å². The van der Waals surface area contributed by atoms with Crippen LogP contribution in [0.25, 0.3) is 0 Å². The first kappa shape index (κ1) is 13.4. The third-order valence-electron chi connectivity index (χ3n) is 2.46. The van der Waals surface area contributed by atoms with Gasteiger partial charge in [0.15, 0.2) is 0 Å². The van der Waals surface area contributed by atoms with Gasteiger partial charge in [-0.2, -0.15) is 4.98 Å². The third kappa shape index (κ3) is 3.03. The molecule has 2 rings (SSSR count). The number of aromatic nitrogens is 2. The molecule has 0 amide bonds. The largest absolute Gasteiger partial charge is 0.478 e. The molecule has 0 unspecified atom stereocenters. The van der Waals surface area contributed by atoms with E-state index in [4.69, 9.17) is 9.84 Å². The number of hydrogen-bond donors (Lipinski definition) is 1. The van der Waals surface area contributed by atoms with Crippen LogP contribution in [-0.4, -0.2) is 27.3 Å². The van der Waals surface area contributed by atoms with E-state index < -0.39 is 5.97 Å². The quantitative estimate of drug-likeness (QED) is 0.865. The topological polar surface area (TPSA) is 72.3 Å². The number of para-hydroxylation sites is 1. The molecule has 0 fully saturated rings. The molecule has 0 aliphatic heterocycles. The Morgan fingerprint density at radius 3 is 2.74 bits per heavy atom. The molecule has 2 aromatic rings. The summed E-state index contributed by atoms with van der Waals surface area (Å²) in [5, 5.41) is 8.90. The summed E-state index contributed by atoms with van der Waals surface area (Å²) >= 11 is 1.55. The maximum atomic E-state index is 10.9. The van der Waals surface area contributed by atoms with Gasteiger partial charge in [0, 0.05) is 11.1 Å². The van der Waals surface area contributed by atoms with Crippen LogP contribution in [0.1, 0.15) is 16.1 Å². The van der Waals surface area contributed by atoms with Crippen LogP contribution in [0.5, 0.6) is 11.8 Å². The number of aromatic carboxylic acids is 1. The van der Waals surface area contributed by atoms with Gasteiger partial charge in [-0.25, -0.2) is 9.78 Å². The molecule has 0 bridgehead atoms. The van der Waals surface area contributed by atoms with Gasteiger partial charge in [0.25, 0.3) is 0 Å². The number of ether oxygens (including phenoxy) is 1. The van der Waals surface area contributed by atoms with Gasteiger partial charge in [0.05, 0.1) is 11.3 Å². The molecule has 0 aliphatic rings. The van der Waals surface area contributed by atoms with E-state index in [9.17, 15) is 4.79 Å². The van der Waals surface area contributed by atoms with Gasteiger partial charge >= 0.3 is 12.0 Å². The van der Waals surface area contributed by atoms with Crippen molar-refractivity contribution in [2.45, 2.75) is 11.8 Å². The lowest BCUT2D eigenvalue weighted by atomic mass is 10.2. The highest BCUT2D eigenvalue weighted by molar-refractivity contribution is 7.98. The van der Waals surface area contributed by atoms with Gasteiger partial charge < -0.3 is 9.84 Å². The SMILES string of the molecule is CSc1ccccc1Oc1ncc(C(=O)O)c(C)n1. The minimum Gasteiger partial charge on any atom is -0.478 e. The molecule has 0 aliphatic carbocycles. The van der Waals surface area contributed by atoms with E-state index in [0.29, 0.717) is 11.4 Å². The Bertz CT molecular complexity index is 617. The van der Waals surface area contributed by atoms with Gasteiger partial charge in [-0.15, -0.1) is 11.8 Å². The summed E-state index contributed by atoms with van der Waals surface area (Å²) in [4.78, 5) is 19.8. The summed E-state index contributed by atoms with van der Waals surface area (Å²) in [5.74, 6) is -0.397. The van der Waals surface area contributed by atoms with Gasteiger partial charge in [-0.3, -0.25) is 0 Å². The second-order valence-corrected chi connectivity index (χ2v) is 4.56. The zero-order valence-corrected chi connectivity index (χ0v) is 11.3. The Morgan fingerprint density at radius 2 is 2.11 bits per heavy atom. The lowest BCUT2D eigenvalue weighted by Crippen LogP contribution is -2.04. The number of benzene rings is 1. The third-order valence-corrected chi connectivity index (χ3v) is 3.24. The van der Waals surface area contributed by atoms with Crippen LogP contribution in [0, 0.1) is 6.92 Å². The van der Waals surface area contributed by atoms with Gasteiger partial charge in [-0.05, 0) is 25.3 Å². The second-order valence-electron chi connectivity index (χ2n) is 3.71. The maximum Gasteiger partial charge on any atom is 0.339 e. The minimum atomic E-state index is -1.05. The van der Waals surface area contributed by atoms with Crippen LogP contribution in [0.3, 0.4) is 0 Å². The smallest absolute Gasteiger partial charge is 0.339 e. The minimum absolute atomic E-state index is 0.0745. The molecule has 0 spiro atoms. The zero-order chi connectivity index (χ0) is 13.8. The summed E-state index contributed by atoms with van der Waals surface area (Å²) in [5.41, 5.74) is 0.449. The average molecular weight is 276 g/mol. The van der Waals surface area contributed by atoms with Crippen molar-refractivity contribution >= 4 is 17.7 Å². The van der Waals surface area contributed by atoms with Crippen molar-refractivity contribution in [2.75, 3.05) is 6.26 Å². The highest BCUT2D eigenvalue weighted by Crippen LogP contribution is 2.29. The van der Waals surface area contributed by atoms with E-state index >= 15 is 0 Å². The highest BCUT2D eigenvalue weighted by Gasteiger charge is 2.12. The van der Waals surface area contributed by atoms with Crippen molar-refractivity contribution in [3.8, 4) is 11.8 Å². The highest BCUT2D eigenvalue weighted by atomic mass is 32.2. The van der Waals surface area contributed by atoms with E-state index in [1.807, 2.05) is 30.5 Å². The summed E-state index contributed by atoms with van der Waals surface area (Å²) in [7, 11) is 0. The van der Waals surface area contributed by atoms with Crippen LogP contribution in [0.4, 0.5) is 0 Å². The number of carboxylic acid groups (broad SMARTS) is 1. The van der Waals surface area contributed by atoms with Gasteiger partial charge in [-0.1, -0.05) is 12.1 Å². The molecule has 5 nitrogen and oxygen atoms in total. The fourth-order valence-corrected chi connectivity index (χ4v) is 2.03. The van der Waals surface area contributed by atoms with Crippen LogP contribution >= 0.6 is 11.8 Å². The monoisotopic (exact) mass is 276 g/mol. The fourth-order valence-electron chi connectivity index (χ4n) is 1.51. The Labute approximate surface area is 114 Å². The molecule has 0 saturated heterocycles. The zero-order valence-electron chi connectivity index (χ0n) is 10.5. The van der Waals surface area contributed by atoms with E-state index in [2.05, 4.69) is 9.97 Å². The number of hydrogen-bond acceptors (Lipinski definition) is 5. The molecule has 1 heterocycles. The summed E-state index contributed by atoms with van der Waals surface area (Å²) in [6.45, 7) is 1.61. The summed E-state index contributed by atoms with van der Waals surface area (Å²) in [6, 6.07) is 7.66. The van der Waals surface area contributed by atoms with Crippen LogP contribution in [-0.2, 0) is 0 Å². The van der Waals surface area contributed by atoms with Crippen LogP contribution in [0.15, 0.2) is 35.4 Å². The molecular formula is C13H12N2O3S. The first-order valence-electron chi connectivity index (χ1n) is 5.49. The van der Waals surface area contributed by atoms with E-state index in [1.165, 1.54) is 6.20 Å². The van der Waals surface area contributed by atoms with E-state index in [1.54, 1.807) is 18.7 Å². The Kier molecular flexibility index (Phi) is 4.01. The van der Waals surface area contributed by atoms with Crippen molar-refractivity contribution in [3.63, 3.8) is 0 Å². The predicted molar refractivity (Wildman–Crippen MR) is 72.0 cm³/mol. The first-order valence-corrected chi connectivity index (χ1v) is 6.72. The van der Waals surface area contributed by atoms with Crippen LogP contribution in [0.2, 0.25) is 0 Å². The molecule has 0 radical (unpaired) electrons. The van der Waals surface area contributed by atoms with E-state index in [0.717, 1.165) is 4.90 Å². The molecule has 0 atom stereocenters. The predicted octanol–water partition coefficient (Wildman–Crippen LogP) is 3.00. The maximum absolute atomic E-state index is 10.9. The lowest BCUT2D eigenvalue weighted by Gasteiger charge is -2.08. The molecule has 1 aromatic heterocycles. The van der Waals surface area contributed by atoms with Crippen molar-refractivity contribution in [1.82, 2.24) is 9.97 Å². The molecule has 6 heteroatoms. The number of aryl methyl sites for hydroxylation is 1. The first-order chi connectivity index (χ1) is 9.11. The molecule has 1 aromatic carbocycles.